The molecule has 4 heteroatoms. The number of amides is 1. The Morgan fingerprint density at radius 1 is 1.45 bits per heavy atom. The predicted molar refractivity (Wildman–Crippen MR) is 88.4 cm³/mol. The van der Waals surface area contributed by atoms with Crippen LogP contribution in [0.5, 0.6) is 11.5 Å². The zero-order chi connectivity index (χ0) is 15.9. The number of rotatable bonds is 7. The lowest BCUT2D eigenvalue weighted by molar-refractivity contribution is -0.116. The van der Waals surface area contributed by atoms with E-state index in [1.807, 2.05) is 19.1 Å². The lowest BCUT2D eigenvalue weighted by atomic mass is 10.1. The standard InChI is InChI=1S/C18H25NO3/c1-4-6-9-19-18(20)8-7-14-11-17-15(10-13(3)22-17)12-16(14)21-5-2/h7-8,11-13H,4-6,9-10H2,1-3H3,(H,19,20). The third-order valence-corrected chi connectivity index (χ3v) is 3.57. The molecule has 0 fully saturated rings. The Morgan fingerprint density at radius 2 is 2.27 bits per heavy atom. The fourth-order valence-electron chi connectivity index (χ4n) is 2.48. The monoisotopic (exact) mass is 303 g/mol. The SMILES string of the molecule is CCCCNC(=O)C=Cc1cc2c(cc1OCC)CC(C)O2. The van der Waals surface area contributed by atoms with Gasteiger partial charge in [0, 0.05) is 30.2 Å². The smallest absolute Gasteiger partial charge is 0.244 e. The Hall–Kier alpha value is -1.97. The Kier molecular flexibility index (Phi) is 5.87. The third-order valence-electron chi connectivity index (χ3n) is 3.57. The molecule has 1 aliphatic rings. The van der Waals surface area contributed by atoms with E-state index in [1.165, 1.54) is 5.56 Å². The second-order valence-electron chi connectivity index (χ2n) is 5.54. The summed E-state index contributed by atoms with van der Waals surface area (Å²) < 4.78 is 11.5. The van der Waals surface area contributed by atoms with Crippen molar-refractivity contribution >= 4 is 12.0 Å². The highest BCUT2D eigenvalue weighted by Gasteiger charge is 2.21. The number of unbranched alkanes of at least 4 members (excludes halogenated alkanes) is 1. The van der Waals surface area contributed by atoms with E-state index in [-0.39, 0.29) is 12.0 Å². The molecule has 1 aliphatic heterocycles. The highest BCUT2D eigenvalue weighted by atomic mass is 16.5. The molecular formula is C18H25NO3. The molecule has 22 heavy (non-hydrogen) atoms. The molecule has 0 saturated heterocycles. The first-order valence-electron chi connectivity index (χ1n) is 8.06. The molecular weight excluding hydrogens is 278 g/mol. The maximum atomic E-state index is 11.8. The van der Waals surface area contributed by atoms with E-state index in [1.54, 1.807) is 12.2 Å². The number of nitrogens with one attached hydrogen (secondary N) is 1. The van der Waals surface area contributed by atoms with Crippen LogP contribution in [0.15, 0.2) is 18.2 Å². The largest absolute Gasteiger partial charge is 0.493 e. The summed E-state index contributed by atoms with van der Waals surface area (Å²) >= 11 is 0. The van der Waals surface area contributed by atoms with Crippen molar-refractivity contribution in [1.29, 1.82) is 0 Å². The Balaban J connectivity index is 2.12. The Bertz CT molecular complexity index is 552. The molecule has 1 N–H and O–H groups in total. The van der Waals surface area contributed by atoms with Crippen LogP contribution in [0, 0.1) is 0 Å². The van der Waals surface area contributed by atoms with Gasteiger partial charge in [0.1, 0.15) is 17.6 Å². The molecule has 1 aromatic carbocycles. The average molecular weight is 303 g/mol. The van der Waals surface area contributed by atoms with E-state index < -0.39 is 0 Å². The van der Waals surface area contributed by atoms with Crippen molar-refractivity contribution in [2.45, 2.75) is 46.1 Å². The number of hydrogen-bond acceptors (Lipinski definition) is 3. The first-order chi connectivity index (χ1) is 10.6. The lowest BCUT2D eigenvalue weighted by Crippen LogP contribution is -2.21. The molecule has 0 radical (unpaired) electrons. The van der Waals surface area contributed by atoms with Gasteiger partial charge in [-0.1, -0.05) is 13.3 Å². The van der Waals surface area contributed by atoms with Crippen LogP contribution >= 0.6 is 0 Å². The van der Waals surface area contributed by atoms with Gasteiger partial charge in [0.25, 0.3) is 0 Å². The summed E-state index contributed by atoms with van der Waals surface area (Å²) in [7, 11) is 0. The van der Waals surface area contributed by atoms with Crippen LogP contribution in [0.3, 0.4) is 0 Å². The Labute approximate surface area is 132 Å². The molecule has 0 spiro atoms. The molecule has 0 aromatic heterocycles. The van der Waals surface area contributed by atoms with Gasteiger partial charge in [0.15, 0.2) is 0 Å². The summed E-state index contributed by atoms with van der Waals surface area (Å²) in [4.78, 5) is 11.8. The molecule has 2 rings (SSSR count). The molecule has 1 unspecified atom stereocenters. The van der Waals surface area contributed by atoms with Gasteiger partial charge in [-0.25, -0.2) is 0 Å². The van der Waals surface area contributed by atoms with Crippen LogP contribution in [0.2, 0.25) is 0 Å². The van der Waals surface area contributed by atoms with Gasteiger partial charge in [-0.15, -0.1) is 0 Å². The molecule has 0 saturated carbocycles. The van der Waals surface area contributed by atoms with E-state index in [0.29, 0.717) is 13.2 Å². The van der Waals surface area contributed by atoms with Gasteiger partial charge in [0.05, 0.1) is 6.61 Å². The van der Waals surface area contributed by atoms with Crippen LogP contribution in [-0.2, 0) is 11.2 Å². The molecule has 0 bridgehead atoms. The average Bonchev–Trinajstić information content (AvgIpc) is 2.84. The van der Waals surface area contributed by atoms with Crippen LogP contribution in [0.4, 0.5) is 0 Å². The normalized spacial score (nSPS) is 16.4. The van der Waals surface area contributed by atoms with Gasteiger partial charge in [0.2, 0.25) is 5.91 Å². The quantitative estimate of drug-likeness (QED) is 0.621. The predicted octanol–water partition coefficient (Wildman–Crippen LogP) is 3.34. The van der Waals surface area contributed by atoms with Crippen molar-refractivity contribution in [3.8, 4) is 11.5 Å². The summed E-state index contributed by atoms with van der Waals surface area (Å²) in [5.41, 5.74) is 2.04. The van der Waals surface area contributed by atoms with Gasteiger partial charge in [-0.05, 0) is 38.5 Å². The van der Waals surface area contributed by atoms with Crippen LogP contribution in [0.25, 0.3) is 6.08 Å². The number of ether oxygens (including phenoxy) is 2. The lowest BCUT2D eigenvalue weighted by Gasteiger charge is -2.10. The third kappa shape index (κ3) is 4.26. The number of carbonyl (C=O) groups excluding carboxylic acids is 1. The highest BCUT2D eigenvalue weighted by molar-refractivity contribution is 5.92. The minimum atomic E-state index is -0.0781. The molecule has 120 valence electrons. The van der Waals surface area contributed by atoms with Gasteiger partial charge in [-0.2, -0.15) is 0 Å². The second-order valence-corrected chi connectivity index (χ2v) is 5.54. The highest BCUT2D eigenvalue weighted by Crippen LogP contribution is 2.35. The van der Waals surface area contributed by atoms with Crippen molar-refractivity contribution in [3.05, 3.63) is 29.3 Å². The first kappa shape index (κ1) is 16.4. The molecule has 1 atom stereocenters. The molecule has 1 heterocycles. The van der Waals surface area contributed by atoms with Crippen molar-refractivity contribution in [2.75, 3.05) is 13.2 Å². The van der Waals surface area contributed by atoms with Gasteiger partial charge < -0.3 is 14.8 Å². The summed E-state index contributed by atoms with van der Waals surface area (Å²) in [6.45, 7) is 7.41. The van der Waals surface area contributed by atoms with Gasteiger partial charge in [-0.3, -0.25) is 4.79 Å². The summed E-state index contributed by atoms with van der Waals surface area (Å²) in [6, 6.07) is 3.98. The van der Waals surface area contributed by atoms with Crippen molar-refractivity contribution in [3.63, 3.8) is 0 Å². The van der Waals surface area contributed by atoms with E-state index in [9.17, 15) is 4.79 Å². The van der Waals surface area contributed by atoms with Crippen LogP contribution < -0.4 is 14.8 Å². The number of hydrogen-bond donors (Lipinski definition) is 1. The topological polar surface area (TPSA) is 47.6 Å². The minimum Gasteiger partial charge on any atom is -0.493 e. The van der Waals surface area contributed by atoms with Gasteiger partial charge >= 0.3 is 0 Å². The van der Waals surface area contributed by atoms with Crippen molar-refractivity contribution in [1.82, 2.24) is 5.32 Å². The molecule has 0 aliphatic carbocycles. The summed E-state index contributed by atoms with van der Waals surface area (Å²) in [5, 5.41) is 2.87. The maximum Gasteiger partial charge on any atom is 0.244 e. The zero-order valence-electron chi connectivity index (χ0n) is 13.6. The zero-order valence-corrected chi connectivity index (χ0v) is 13.6. The number of benzene rings is 1. The second kappa shape index (κ2) is 7.87. The van der Waals surface area contributed by atoms with Crippen LogP contribution in [0.1, 0.15) is 44.7 Å². The Morgan fingerprint density at radius 3 is 3.00 bits per heavy atom. The maximum absolute atomic E-state index is 11.8. The summed E-state index contributed by atoms with van der Waals surface area (Å²) in [6.07, 6.45) is 6.50. The summed E-state index contributed by atoms with van der Waals surface area (Å²) in [5.74, 6) is 1.62. The van der Waals surface area contributed by atoms with E-state index in [2.05, 4.69) is 19.2 Å². The van der Waals surface area contributed by atoms with Crippen molar-refractivity contribution < 1.29 is 14.3 Å². The van der Waals surface area contributed by atoms with Crippen LogP contribution in [-0.4, -0.2) is 25.2 Å². The van der Waals surface area contributed by atoms with E-state index >= 15 is 0 Å². The molecule has 4 nitrogen and oxygen atoms in total. The minimum absolute atomic E-state index is 0.0781. The molecule has 1 aromatic rings. The van der Waals surface area contributed by atoms with E-state index in [0.717, 1.165) is 36.3 Å². The van der Waals surface area contributed by atoms with Crippen molar-refractivity contribution in [2.24, 2.45) is 0 Å². The fraction of sp³-hybridized carbons (Fsp3) is 0.500. The van der Waals surface area contributed by atoms with E-state index in [4.69, 9.17) is 9.47 Å². The number of fused-ring (bicyclic) bond motifs is 1. The number of carbonyl (C=O) groups is 1. The molecule has 1 amide bonds. The fourth-order valence-corrected chi connectivity index (χ4v) is 2.48. The first-order valence-corrected chi connectivity index (χ1v) is 8.06.